The SMILES string of the molecule is NCCCOc1cc([N+](=O)[O-])ccc1-n1cnc(Cl)c1. The van der Waals surface area contributed by atoms with Gasteiger partial charge in [0.2, 0.25) is 0 Å². The van der Waals surface area contributed by atoms with E-state index >= 15 is 0 Å². The standard InChI is InChI=1S/C12H13ClN4O3/c13-12-7-16(8-15-12)10-3-2-9(17(18)19)6-11(10)20-5-1-4-14/h2-3,6-8H,1,4-5,14H2. The van der Waals surface area contributed by atoms with Crippen molar-refractivity contribution in [3.05, 3.63) is 46.0 Å². The third kappa shape index (κ3) is 3.25. The highest BCUT2D eigenvalue weighted by Crippen LogP contribution is 2.28. The van der Waals surface area contributed by atoms with E-state index in [1.54, 1.807) is 16.8 Å². The predicted molar refractivity (Wildman–Crippen MR) is 74.4 cm³/mol. The Morgan fingerprint density at radius 2 is 2.30 bits per heavy atom. The van der Waals surface area contributed by atoms with Crippen LogP contribution < -0.4 is 10.5 Å². The Kier molecular flexibility index (Phi) is 4.54. The number of nitrogens with zero attached hydrogens (tertiary/aromatic N) is 3. The average Bonchev–Trinajstić information content (AvgIpc) is 2.85. The second-order valence-corrected chi connectivity index (χ2v) is 4.39. The second kappa shape index (κ2) is 6.36. The number of nitro benzene ring substituents is 1. The summed E-state index contributed by atoms with van der Waals surface area (Å²) < 4.78 is 7.20. The van der Waals surface area contributed by atoms with Crippen molar-refractivity contribution in [3.63, 3.8) is 0 Å². The van der Waals surface area contributed by atoms with Gasteiger partial charge in [-0.2, -0.15) is 0 Å². The molecule has 2 rings (SSSR count). The summed E-state index contributed by atoms with van der Waals surface area (Å²) in [5.74, 6) is 0.390. The maximum absolute atomic E-state index is 10.8. The molecule has 0 saturated heterocycles. The minimum atomic E-state index is -0.472. The molecule has 0 aliphatic rings. The van der Waals surface area contributed by atoms with Crippen LogP contribution in [0.1, 0.15) is 6.42 Å². The minimum Gasteiger partial charge on any atom is -0.491 e. The highest BCUT2D eigenvalue weighted by atomic mass is 35.5. The van der Waals surface area contributed by atoms with Crippen molar-refractivity contribution in [3.8, 4) is 11.4 Å². The van der Waals surface area contributed by atoms with Crippen molar-refractivity contribution in [2.75, 3.05) is 13.2 Å². The molecule has 0 aliphatic heterocycles. The zero-order valence-corrected chi connectivity index (χ0v) is 11.3. The Hall–Kier alpha value is -2.12. The summed E-state index contributed by atoms with van der Waals surface area (Å²) in [6, 6.07) is 4.37. The molecule has 1 aromatic heterocycles. The van der Waals surface area contributed by atoms with E-state index in [0.717, 1.165) is 0 Å². The van der Waals surface area contributed by atoms with E-state index < -0.39 is 4.92 Å². The Labute approximate surface area is 120 Å². The van der Waals surface area contributed by atoms with Gasteiger partial charge in [0, 0.05) is 12.3 Å². The summed E-state index contributed by atoms with van der Waals surface area (Å²) in [5.41, 5.74) is 5.99. The van der Waals surface area contributed by atoms with E-state index in [2.05, 4.69) is 4.98 Å². The van der Waals surface area contributed by atoms with Crippen molar-refractivity contribution >= 4 is 17.3 Å². The Morgan fingerprint density at radius 3 is 2.90 bits per heavy atom. The summed E-state index contributed by atoms with van der Waals surface area (Å²) in [6.07, 6.45) is 3.77. The number of nitro groups is 1. The molecule has 1 aromatic carbocycles. The molecular formula is C12H13ClN4O3. The smallest absolute Gasteiger partial charge is 0.273 e. The number of aromatic nitrogens is 2. The van der Waals surface area contributed by atoms with Crippen LogP contribution in [-0.4, -0.2) is 27.6 Å². The molecule has 7 nitrogen and oxygen atoms in total. The quantitative estimate of drug-likeness (QED) is 0.500. The molecule has 0 unspecified atom stereocenters. The van der Waals surface area contributed by atoms with Gasteiger partial charge >= 0.3 is 0 Å². The van der Waals surface area contributed by atoms with Gasteiger partial charge in [-0.3, -0.25) is 10.1 Å². The van der Waals surface area contributed by atoms with E-state index in [1.807, 2.05) is 0 Å². The lowest BCUT2D eigenvalue weighted by atomic mass is 10.2. The van der Waals surface area contributed by atoms with Crippen LogP contribution in [0, 0.1) is 10.1 Å². The number of benzene rings is 1. The van der Waals surface area contributed by atoms with Crippen LogP contribution in [-0.2, 0) is 0 Å². The molecule has 2 N–H and O–H groups in total. The lowest BCUT2D eigenvalue weighted by Gasteiger charge is -2.11. The molecule has 0 fully saturated rings. The molecule has 0 atom stereocenters. The first-order valence-corrected chi connectivity index (χ1v) is 6.31. The van der Waals surface area contributed by atoms with Crippen molar-refractivity contribution in [2.45, 2.75) is 6.42 Å². The molecule has 8 heteroatoms. The first-order chi connectivity index (χ1) is 9.61. The predicted octanol–water partition coefficient (Wildman–Crippen LogP) is 2.16. The molecular weight excluding hydrogens is 284 g/mol. The lowest BCUT2D eigenvalue weighted by Crippen LogP contribution is -2.08. The van der Waals surface area contributed by atoms with Crippen LogP contribution in [0.15, 0.2) is 30.7 Å². The summed E-state index contributed by atoms with van der Waals surface area (Å²) in [6.45, 7) is 0.869. The van der Waals surface area contributed by atoms with Crippen LogP contribution in [0.4, 0.5) is 5.69 Å². The van der Waals surface area contributed by atoms with Crippen LogP contribution in [0.25, 0.3) is 5.69 Å². The number of hydrogen-bond donors (Lipinski definition) is 1. The molecule has 1 heterocycles. The van der Waals surface area contributed by atoms with Gasteiger partial charge in [-0.15, -0.1) is 0 Å². The summed E-state index contributed by atoms with van der Waals surface area (Å²) in [7, 11) is 0. The Balaban J connectivity index is 2.36. The number of ether oxygens (including phenoxy) is 1. The maximum Gasteiger partial charge on any atom is 0.273 e. The average molecular weight is 297 g/mol. The lowest BCUT2D eigenvalue weighted by molar-refractivity contribution is -0.384. The molecule has 2 aromatic rings. The monoisotopic (exact) mass is 296 g/mol. The molecule has 20 heavy (non-hydrogen) atoms. The van der Waals surface area contributed by atoms with Crippen molar-refractivity contribution in [2.24, 2.45) is 5.73 Å². The third-order valence-corrected chi connectivity index (χ3v) is 2.78. The van der Waals surface area contributed by atoms with E-state index in [4.69, 9.17) is 22.1 Å². The Morgan fingerprint density at radius 1 is 1.50 bits per heavy atom. The second-order valence-electron chi connectivity index (χ2n) is 4.00. The number of halogens is 1. The zero-order chi connectivity index (χ0) is 14.5. The fourth-order valence-corrected chi connectivity index (χ4v) is 1.79. The largest absolute Gasteiger partial charge is 0.491 e. The normalized spacial score (nSPS) is 10.5. The van der Waals surface area contributed by atoms with Crippen LogP contribution in [0.5, 0.6) is 5.75 Å². The highest BCUT2D eigenvalue weighted by Gasteiger charge is 2.13. The molecule has 0 saturated carbocycles. The first-order valence-electron chi connectivity index (χ1n) is 5.93. The van der Waals surface area contributed by atoms with E-state index in [1.165, 1.54) is 18.5 Å². The van der Waals surface area contributed by atoms with Gasteiger partial charge in [-0.25, -0.2) is 4.98 Å². The van der Waals surface area contributed by atoms with E-state index in [-0.39, 0.29) is 5.69 Å². The van der Waals surface area contributed by atoms with Gasteiger partial charge in [0.25, 0.3) is 5.69 Å². The summed E-state index contributed by atoms with van der Waals surface area (Å²) in [5, 5.41) is 11.2. The van der Waals surface area contributed by atoms with Gasteiger partial charge in [-0.05, 0) is 19.0 Å². The zero-order valence-electron chi connectivity index (χ0n) is 10.5. The Bertz CT molecular complexity index is 614. The van der Waals surface area contributed by atoms with Crippen molar-refractivity contribution in [1.29, 1.82) is 0 Å². The number of imidazole rings is 1. The van der Waals surface area contributed by atoms with Crippen LogP contribution in [0.3, 0.4) is 0 Å². The van der Waals surface area contributed by atoms with Gasteiger partial charge in [0.05, 0.1) is 23.3 Å². The van der Waals surface area contributed by atoms with Gasteiger partial charge in [0.15, 0.2) is 0 Å². The fraction of sp³-hybridized carbons (Fsp3) is 0.250. The van der Waals surface area contributed by atoms with Crippen LogP contribution in [0.2, 0.25) is 5.15 Å². The number of nitrogens with two attached hydrogens (primary N) is 1. The molecule has 0 radical (unpaired) electrons. The van der Waals surface area contributed by atoms with Crippen molar-refractivity contribution < 1.29 is 9.66 Å². The topological polar surface area (TPSA) is 96.2 Å². The summed E-state index contributed by atoms with van der Waals surface area (Å²) in [4.78, 5) is 14.3. The van der Waals surface area contributed by atoms with Gasteiger partial charge in [0.1, 0.15) is 17.2 Å². The van der Waals surface area contributed by atoms with E-state index in [9.17, 15) is 10.1 Å². The van der Waals surface area contributed by atoms with Gasteiger partial charge in [-0.1, -0.05) is 11.6 Å². The maximum atomic E-state index is 10.8. The summed E-state index contributed by atoms with van der Waals surface area (Å²) >= 11 is 5.77. The van der Waals surface area contributed by atoms with Crippen LogP contribution >= 0.6 is 11.6 Å². The van der Waals surface area contributed by atoms with E-state index in [0.29, 0.717) is 36.2 Å². The number of non-ortho nitro benzene ring substituents is 1. The molecule has 0 spiro atoms. The molecule has 106 valence electrons. The number of hydrogen-bond acceptors (Lipinski definition) is 5. The highest BCUT2D eigenvalue weighted by molar-refractivity contribution is 6.29. The van der Waals surface area contributed by atoms with Crippen molar-refractivity contribution in [1.82, 2.24) is 9.55 Å². The molecule has 0 bridgehead atoms. The van der Waals surface area contributed by atoms with Gasteiger partial charge < -0.3 is 15.0 Å². The number of rotatable bonds is 6. The first kappa shape index (κ1) is 14.3. The molecule has 0 amide bonds. The minimum absolute atomic E-state index is 0.0392. The molecule has 0 aliphatic carbocycles. The fourth-order valence-electron chi connectivity index (χ4n) is 1.64. The third-order valence-electron chi connectivity index (χ3n) is 2.59.